The quantitative estimate of drug-likeness (QED) is 0.783. The van der Waals surface area contributed by atoms with Gasteiger partial charge in [0.05, 0.1) is 0 Å². The van der Waals surface area contributed by atoms with Crippen molar-refractivity contribution in [3.63, 3.8) is 0 Å². The van der Waals surface area contributed by atoms with Gasteiger partial charge in [-0.3, -0.25) is 9.89 Å². The zero-order valence-corrected chi connectivity index (χ0v) is 17.0. The van der Waals surface area contributed by atoms with Crippen molar-refractivity contribution < 1.29 is 0 Å². The molecule has 2 heterocycles. The molecule has 26 heavy (non-hydrogen) atoms. The lowest BCUT2D eigenvalue weighted by Crippen LogP contribution is -2.48. The Kier molecular flexibility index (Phi) is 6.02. The number of aliphatic imine (C=N–C) groups is 1. The van der Waals surface area contributed by atoms with Crippen LogP contribution in [-0.4, -0.2) is 49.4 Å². The molecule has 4 nitrogen and oxygen atoms in total. The summed E-state index contributed by atoms with van der Waals surface area (Å²) in [4.78, 5) is 11.9. The van der Waals surface area contributed by atoms with E-state index in [1.165, 1.54) is 17.1 Å². The number of hydrogen-bond donors (Lipinski definition) is 0. The molecular formula is C22H34N4. The van der Waals surface area contributed by atoms with Crippen LogP contribution in [0.15, 0.2) is 41.2 Å². The Morgan fingerprint density at radius 2 is 1.65 bits per heavy atom. The summed E-state index contributed by atoms with van der Waals surface area (Å²) in [5.74, 6) is 0.507. The first-order valence-corrected chi connectivity index (χ1v) is 10.1. The standard InChI is InChI=1S/C22H34N4/c1-17(2)24-10-12-25(13-11-24)20-6-8-21(9-7-20)26(18(3)4)22-14-19(5)15-23-16-22/h6-9,15-19H,10-14H2,1-5H3. The minimum absolute atomic E-state index is 0.419. The highest BCUT2D eigenvalue weighted by Gasteiger charge is 2.21. The van der Waals surface area contributed by atoms with E-state index in [1.807, 2.05) is 12.4 Å². The van der Waals surface area contributed by atoms with Crippen LogP contribution in [-0.2, 0) is 0 Å². The molecular weight excluding hydrogens is 320 g/mol. The Morgan fingerprint density at radius 1 is 1.00 bits per heavy atom. The minimum Gasteiger partial charge on any atom is -0.369 e. The second-order valence-electron chi connectivity index (χ2n) is 8.20. The van der Waals surface area contributed by atoms with Gasteiger partial charge in [-0.1, -0.05) is 6.92 Å². The average molecular weight is 355 g/mol. The Balaban J connectivity index is 1.72. The lowest BCUT2D eigenvalue weighted by atomic mass is 10.0. The molecule has 1 atom stereocenters. The van der Waals surface area contributed by atoms with Gasteiger partial charge >= 0.3 is 0 Å². The van der Waals surface area contributed by atoms with Gasteiger partial charge in [-0.25, -0.2) is 0 Å². The topological polar surface area (TPSA) is 22.1 Å². The van der Waals surface area contributed by atoms with Gasteiger partial charge in [0.25, 0.3) is 0 Å². The maximum atomic E-state index is 4.44. The van der Waals surface area contributed by atoms with E-state index in [-0.39, 0.29) is 0 Å². The van der Waals surface area contributed by atoms with Crippen molar-refractivity contribution in [2.45, 2.75) is 53.1 Å². The van der Waals surface area contributed by atoms with Crippen LogP contribution in [0, 0.1) is 5.92 Å². The lowest BCUT2D eigenvalue weighted by molar-refractivity contribution is 0.209. The molecule has 1 aromatic carbocycles. The maximum absolute atomic E-state index is 4.44. The van der Waals surface area contributed by atoms with E-state index in [4.69, 9.17) is 0 Å². The van der Waals surface area contributed by atoms with Crippen LogP contribution in [0.3, 0.4) is 0 Å². The summed E-state index contributed by atoms with van der Waals surface area (Å²) in [6.07, 6.45) is 5.13. The molecule has 0 saturated carbocycles. The van der Waals surface area contributed by atoms with Crippen LogP contribution in [0.5, 0.6) is 0 Å². The number of piperazine rings is 1. The highest BCUT2D eigenvalue weighted by molar-refractivity contribution is 5.66. The highest BCUT2D eigenvalue weighted by atomic mass is 15.3. The van der Waals surface area contributed by atoms with E-state index in [0.29, 0.717) is 18.0 Å². The van der Waals surface area contributed by atoms with Crippen LogP contribution < -0.4 is 9.80 Å². The third kappa shape index (κ3) is 4.29. The van der Waals surface area contributed by atoms with Gasteiger partial charge in [-0.05, 0) is 64.3 Å². The third-order valence-corrected chi connectivity index (χ3v) is 5.46. The Hall–Kier alpha value is -1.81. The van der Waals surface area contributed by atoms with Crippen molar-refractivity contribution in [2.75, 3.05) is 36.0 Å². The van der Waals surface area contributed by atoms with Crippen LogP contribution >= 0.6 is 0 Å². The lowest BCUT2D eigenvalue weighted by Gasteiger charge is -2.38. The number of anilines is 2. The van der Waals surface area contributed by atoms with Crippen molar-refractivity contribution >= 4 is 17.6 Å². The Labute approximate surface area is 159 Å². The van der Waals surface area contributed by atoms with E-state index >= 15 is 0 Å². The largest absolute Gasteiger partial charge is 0.369 e. The van der Waals surface area contributed by atoms with Gasteiger partial charge in [0.15, 0.2) is 0 Å². The fraction of sp³-hybridized carbons (Fsp3) is 0.591. The van der Waals surface area contributed by atoms with Gasteiger partial charge in [-0.15, -0.1) is 0 Å². The summed E-state index contributed by atoms with van der Waals surface area (Å²) in [6, 6.07) is 10.2. The average Bonchev–Trinajstić information content (AvgIpc) is 2.62. The first kappa shape index (κ1) is 19.0. The number of benzene rings is 1. The van der Waals surface area contributed by atoms with Gasteiger partial charge in [0.1, 0.15) is 0 Å². The van der Waals surface area contributed by atoms with Crippen LogP contribution in [0.1, 0.15) is 41.0 Å². The fourth-order valence-corrected chi connectivity index (χ4v) is 3.99. The fourth-order valence-electron chi connectivity index (χ4n) is 3.99. The molecule has 1 saturated heterocycles. The first-order chi connectivity index (χ1) is 12.5. The summed E-state index contributed by atoms with van der Waals surface area (Å²) >= 11 is 0. The summed E-state index contributed by atoms with van der Waals surface area (Å²) in [7, 11) is 0. The van der Waals surface area contributed by atoms with Crippen LogP contribution in [0.25, 0.3) is 0 Å². The predicted molar refractivity (Wildman–Crippen MR) is 113 cm³/mol. The first-order valence-electron chi connectivity index (χ1n) is 10.1. The molecule has 0 aromatic heterocycles. The summed E-state index contributed by atoms with van der Waals surface area (Å²) in [5.41, 5.74) is 3.92. The minimum atomic E-state index is 0.419. The SMILES string of the molecule is CC1C=NC=C(N(c2ccc(N3CCN(C(C)C)CC3)cc2)C(C)C)C1. The Morgan fingerprint density at radius 3 is 2.19 bits per heavy atom. The molecule has 0 N–H and O–H groups in total. The van der Waals surface area contributed by atoms with Gasteiger partial charge < -0.3 is 9.80 Å². The normalized spacial score (nSPS) is 21.4. The molecule has 1 fully saturated rings. The molecule has 0 bridgehead atoms. The molecule has 0 radical (unpaired) electrons. The number of rotatable bonds is 5. The van der Waals surface area contributed by atoms with Crippen molar-refractivity contribution in [1.82, 2.24) is 4.90 Å². The zero-order chi connectivity index (χ0) is 18.7. The molecule has 4 heteroatoms. The smallest absolute Gasteiger partial charge is 0.0459 e. The van der Waals surface area contributed by atoms with Crippen LogP contribution in [0.4, 0.5) is 11.4 Å². The van der Waals surface area contributed by atoms with Gasteiger partial charge in [0.2, 0.25) is 0 Å². The third-order valence-electron chi connectivity index (χ3n) is 5.46. The molecule has 0 aliphatic carbocycles. The molecule has 2 aliphatic rings. The Bertz CT molecular complexity index is 637. The highest BCUT2D eigenvalue weighted by Crippen LogP contribution is 2.29. The van der Waals surface area contributed by atoms with E-state index in [2.05, 4.69) is 78.6 Å². The summed E-state index contributed by atoms with van der Waals surface area (Å²) in [5, 5.41) is 0. The summed E-state index contributed by atoms with van der Waals surface area (Å²) < 4.78 is 0. The van der Waals surface area contributed by atoms with Crippen molar-refractivity contribution in [3.8, 4) is 0 Å². The van der Waals surface area contributed by atoms with Crippen molar-refractivity contribution in [2.24, 2.45) is 10.9 Å². The molecule has 0 amide bonds. The molecule has 3 rings (SSSR count). The molecule has 1 unspecified atom stereocenters. The molecule has 2 aliphatic heterocycles. The maximum Gasteiger partial charge on any atom is 0.0459 e. The van der Waals surface area contributed by atoms with Crippen molar-refractivity contribution in [3.05, 3.63) is 36.2 Å². The zero-order valence-electron chi connectivity index (χ0n) is 17.0. The van der Waals surface area contributed by atoms with E-state index in [0.717, 1.165) is 32.6 Å². The van der Waals surface area contributed by atoms with E-state index in [1.54, 1.807) is 0 Å². The number of nitrogens with zero attached hydrogens (tertiary/aromatic N) is 4. The molecule has 0 spiro atoms. The van der Waals surface area contributed by atoms with Gasteiger partial charge in [-0.2, -0.15) is 0 Å². The predicted octanol–water partition coefficient (Wildman–Crippen LogP) is 4.38. The van der Waals surface area contributed by atoms with E-state index < -0.39 is 0 Å². The molecule has 142 valence electrons. The second-order valence-corrected chi connectivity index (χ2v) is 8.20. The van der Waals surface area contributed by atoms with E-state index in [9.17, 15) is 0 Å². The number of hydrogen-bond acceptors (Lipinski definition) is 4. The van der Waals surface area contributed by atoms with Crippen LogP contribution in [0.2, 0.25) is 0 Å². The monoisotopic (exact) mass is 354 g/mol. The van der Waals surface area contributed by atoms with Crippen molar-refractivity contribution in [1.29, 1.82) is 0 Å². The second kappa shape index (κ2) is 8.26. The van der Waals surface area contributed by atoms with Gasteiger partial charge in [0, 0.05) is 67.7 Å². The molecule has 1 aromatic rings. The number of allylic oxidation sites excluding steroid dienone is 1. The summed E-state index contributed by atoms with van der Waals surface area (Å²) in [6.45, 7) is 15.8.